The molecule has 0 aromatic carbocycles. The van der Waals surface area contributed by atoms with Gasteiger partial charge in [-0.25, -0.2) is 0 Å². The third-order valence-electron chi connectivity index (χ3n) is 12.1. The van der Waals surface area contributed by atoms with Crippen LogP contribution in [0.25, 0.3) is 0 Å². The quantitative estimate of drug-likeness (QED) is 0.0261. The highest BCUT2D eigenvalue weighted by Gasteiger charge is 2.19. The van der Waals surface area contributed by atoms with Crippen molar-refractivity contribution in [2.45, 2.75) is 258 Å². The fraction of sp³-hybridized carbons (Fsp3) is 0.627. The molecule has 412 valence electrons. The van der Waals surface area contributed by atoms with Crippen LogP contribution in [0.3, 0.4) is 0 Å². The lowest BCUT2D eigenvalue weighted by atomic mass is 10.0. The van der Waals surface area contributed by atoms with Gasteiger partial charge in [0, 0.05) is 19.3 Å². The first kappa shape index (κ1) is 68.6. The van der Waals surface area contributed by atoms with E-state index in [1.807, 2.05) is 0 Å². The number of hydrogen-bond acceptors (Lipinski definition) is 6. The second kappa shape index (κ2) is 60.1. The van der Waals surface area contributed by atoms with Crippen molar-refractivity contribution in [3.05, 3.63) is 134 Å². The predicted molar refractivity (Wildman–Crippen MR) is 316 cm³/mol. The second-order valence-corrected chi connectivity index (χ2v) is 19.1. The van der Waals surface area contributed by atoms with Crippen molar-refractivity contribution >= 4 is 17.9 Å². The molecule has 0 saturated heterocycles. The number of hydrogen-bond donors (Lipinski definition) is 0. The van der Waals surface area contributed by atoms with Crippen molar-refractivity contribution in [3.63, 3.8) is 0 Å². The highest BCUT2D eigenvalue weighted by Crippen LogP contribution is 2.15. The van der Waals surface area contributed by atoms with Gasteiger partial charge in [-0.3, -0.25) is 14.4 Å². The molecule has 0 aromatic rings. The van der Waals surface area contributed by atoms with E-state index in [2.05, 4.69) is 154 Å². The van der Waals surface area contributed by atoms with Gasteiger partial charge in [0.15, 0.2) is 6.10 Å². The van der Waals surface area contributed by atoms with E-state index in [4.69, 9.17) is 14.2 Å². The van der Waals surface area contributed by atoms with Gasteiger partial charge in [-0.1, -0.05) is 238 Å². The van der Waals surface area contributed by atoms with Crippen LogP contribution in [0.4, 0.5) is 0 Å². The van der Waals surface area contributed by atoms with Crippen molar-refractivity contribution in [1.82, 2.24) is 0 Å². The van der Waals surface area contributed by atoms with E-state index in [1.54, 1.807) is 0 Å². The maximum Gasteiger partial charge on any atom is 0.306 e. The molecule has 0 saturated carbocycles. The number of rotatable bonds is 52. The van der Waals surface area contributed by atoms with Crippen molar-refractivity contribution < 1.29 is 28.6 Å². The van der Waals surface area contributed by atoms with Gasteiger partial charge in [-0.2, -0.15) is 0 Å². The summed E-state index contributed by atoms with van der Waals surface area (Å²) in [5.41, 5.74) is 0. The van der Waals surface area contributed by atoms with Crippen molar-refractivity contribution in [2.75, 3.05) is 13.2 Å². The van der Waals surface area contributed by atoms with Crippen LogP contribution < -0.4 is 0 Å². The topological polar surface area (TPSA) is 78.9 Å². The minimum atomic E-state index is -0.811. The van der Waals surface area contributed by atoms with E-state index < -0.39 is 6.10 Å². The minimum Gasteiger partial charge on any atom is -0.462 e. The fourth-order valence-electron chi connectivity index (χ4n) is 7.73. The molecule has 0 N–H and O–H groups in total. The molecule has 0 bridgehead atoms. The third-order valence-corrected chi connectivity index (χ3v) is 12.1. The molecular weight excluding hydrogens is 901 g/mol. The Morgan fingerprint density at radius 1 is 0.288 bits per heavy atom. The number of carbonyl (C=O) groups excluding carboxylic acids is 3. The smallest absolute Gasteiger partial charge is 0.306 e. The highest BCUT2D eigenvalue weighted by atomic mass is 16.6. The Balaban J connectivity index is 4.35. The van der Waals surface area contributed by atoms with Crippen molar-refractivity contribution in [3.8, 4) is 0 Å². The van der Waals surface area contributed by atoms with E-state index in [0.717, 1.165) is 141 Å². The van der Waals surface area contributed by atoms with Gasteiger partial charge in [-0.05, 0) is 128 Å². The fourth-order valence-corrected chi connectivity index (χ4v) is 7.73. The lowest BCUT2D eigenvalue weighted by Crippen LogP contribution is -2.30. The first-order chi connectivity index (χ1) is 36.0. The zero-order chi connectivity index (χ0) is 52.9. The van der Waals surface area contributed by atoms with Gasteiger partial charge in [0.25, 0.3) is 0 Å². The van der Waals surface area contributed by atoms with Gasteiger partial charge < -0.3 is 14.2 Å². The summed E-state index contributed by atoms with van der Waals surface area (Å²) in [4.78, 5) is 38.2. The van der Waals surface area contributed by atoms with Gasteiger partial charge in [0.05, 0.1) is 0 Å². The molecule has 0 amide bonds. The van der Waals surface area contributed by atoms with E-state index in [1.165, 1.54) is 64.2 Å². The van der Waals surface area contributed by atoms with Crippen LogP contribution in [0.15, 0.2) is 134 Å². The predicted octanol–water partition coefficient (Wildman–Crippen LogP) is 20.2. The Morgan fingerprint density at radius 2 is 0.534 bits per heavy atom. The van der Waals surface area contributed by atoms with Crippen LogP contribution in [-0.2, 0) is 28.6 Å². The summed E-state index contributed by atoms with van der Waals surface area (Å²) in [6, 6.07) is 0. The lowest BCUT2D eigenvalue weighted by Gasteiger charge is -2.18. The number of unbranched alkanes of at least 4 members (excludes halogenated alkanes) is 19. The molecule has 1 atom stereocenters. The molecule has 0 aromatic heterocycles. The first-order valence-electron chi connectivity index (χ1n) is 29.7. The average molecular weight is 1010 g/mol. The molecule has 0 aliphatic carbocycles. The molecule has 0 fully saturated rings. The van der Waals surface area contributed by atoms with Crippen LogP contribution in [0.2, 0.25) is 0 Å². The summed E-state index contributed by atoms with van der Waals surface area (Å²) in [6.45, 7) is 6.29. The van der Waals surface area contributed by atoms with Crippen LogP contribution in [0, 0.1) is 0 Å². The Hall–Kier alpha value is -4.45. The Morgan fingerprint density at radius 3 is 0.863 bits per heavy atom. The van der Waals surface area contributed by atoms with E-state index in [0.29, 0.717) is 19.3 Å². The number of ether oxygens (including phenoxy) is 3. The molecule has 6 heteroatoms. The molecule has 0 radical (unpaired) electrons. The van der Waals surface area contributed by atoms with Gasteiger partial charge in [0.2, 0.25) is 0 Å². The Bertz CT molecular complexity index is 1580. The summed E-state index contributed by atoms with van der Waals surface area (Å²) in [6.07, 6.45) is 84.5. The molecule has 0 rings (SSSR count). The monoisotopic (exact) mass is 1010 g/mol. The average Bonchev–Trinajstić information content (AvgIpc) is 3.39. The molecule has 0 aliphatic heterocycles. The largest absolute Gasteiger partial charge is 0.462 e. The van der Waals surface area contributed by atoms with E-state index in [9.17, 15) is 14.4 Å². The number of esters is 3. The van der Waals surface area contributed by atoms with Crippen molar-refractivity contribution in [2.24, 2.45) is 0 Å². The molecule has 1 unspecified atom stereocenters. The number of allylic oxidation sites excluding steroid dienone is 22. The Labute approximate surface area is 449 Å². The first-order valence-corrected chi connectivity index (χ1v) is 29.7. The standard InChI is InChI=1S/C67H108O6/c1-4-7-10-13-16-19-22-25-27-28-29-30-31-32-33-34-35-36-37-38-40-42-45-48-51-54-57-60-66(69)72-63-64(62-71-65(68)59-56-53-50-47-44-41-24-21-18-15-12-9-6-3)73-67(70)61-58-55-52-49-46-43-39-26-23-20-17-14-11-8-5-2/h7-8,10-12,15-17,19-21,24-27,29-30,32-33,39,46,49,64H,4-6,9,13-14,18,22-23,28,31,34-38,40-45,47-48,50-63H2,1-3H3/b10-7-,11-8-,15-12-,19-16-,20-17-,24-21-,27-25-,30-29-,33-32-,39-26-,49-46-. The van der Waals surface area contributed by atoms with Crippen LogP contribution in [0.1, 0.15) is 252 Å². The number of carbonyl (C=O) groups is 3. The lowest BCUT2D eigenvalue weighted by molar-refractivity contribution is -0.167. The highest BCUT2D eigenvalue weighted by molar-refractivity contribution is 5.71. The summed E-state index contributed by atoms with van der Waals surface area (Å²) in [5, 5.41) is 0. The zero-order valence-corrected chi connectivity index (χ0v) is 47.1. The molecular formula is C67H108O6. The summed E-state index contributed by atoms with van der Waals surface area (Å²) >= 11 is 0. The minimum absolute atomic E-state index is 0.105. The molecule has 73 heavy (non-hydrogen) atoms. The van der Waals surface area contributed by atoms with E-state index >= 15 is 0 Å². The summed E-state index contributed by atoms with van der Waals surface area (Å²) < 4.78 is 16.8. The summed E-state index contributed by atoms with van der Waals surface area (Å²) in [5.74, 6) is -0.967. The third kappa shape index (κ3) is 58.3. The molecule has 0 heterocycles. The zero-order valence-electron chi connectivity index (χ0n) is 47.1. The Kier molecular flexibility index (Phi) is 56.4. The maximum atomic E-state index is 12.8. The van der Waals surface area contributed by atoms with Crippen molar-refractivity contribution in [1.29, 1.82) is 0 Å². The molecule has 0 aliphatic rings. The second-order valence-electron chi connectivity index (χ2n) is 19.1. The van der Waals surface area contributed by atoms with Gasteiger partial charge in [0.1, 0.15) is 13.2 Å². The van der Waals surface area contributed by atoms with E-state index in [-0.39, 0.29) is 37.5 Å². The normalized spacial score (nSPS) is 13.1. The van der Waals surface area contributed by atoms with Gasteiger partial charge >= 0.3 is 17.9 Å². The maximum absolute atomic E-state index is 12.8. The van der Waals surface area contributed by atoms with Crippen LogP contribution in [-0.4, -0.2) is 37.2 Å². The SMILES string of the molecule is CC/C=C\C/C=C\C/C=C\C/C=C\C/C=C\CCCCCCCCCCCCCC(=O)OCC(COC(=O)CCCCCCC/C=C\C/C=C\CCC)OC(=O)CCCC/C=C\C/C=C\C/C=C\C/C=C\CC. The van der Waals surface area contributed by atoms with Gasteiger partial charge in [-0.15, -0.1) is 0 Å². The molecule has 0 spiro atoms. The summed E-state index contributed by atoms with van der Waals surface area (Å²) in [7, 11) is 0. The van der Waals surface area contributed by atoms with Crippen LogP contribution >= 0.6 is 0 Å². The molecule has 6 nitrogen and oxygen atoms in total. The van der Waals surface area contributed by atoms with Crippen LogP contribution in [0.5, 0.6) is 0 Å².